The number of nitrogens with zero attached hydrogens (tertiary/aromatic N) is 1. The van der Waals surface area contributed by atoms with Gasteiger partial charge in [0, 0.05) is 12.1 Å². The van der Waals surface area contributed by atoms with Gasteiger partial charge in [-0.05, 0) is 38.5 Å². The molecule has 0 saturated heterocycles. The van der Waals surface area contributed by atoms with Crippen molar-refractivity contribution in [2.75, 3.05) is 0 Å². The first-order valence-corrected chi connectivity index (χ1v) is 6.89. The van der Waals surface area contributed by atoms with Crippen LogP contribution in [0.2, 0.25) is 0 Å². The van der Waals surface area contributed by atoms with E-state index in [9.17, 15) is 0 Å². The smallest absolute Gasteiger partial charge is 0.0662 e. The zero-order chi connectivity index (χ0) is 14.8. The monoisotopic (exact) mass is 265 g/mol. The second-order valence-corrected chi connectivity index (χ2v) is 4.65. The van der Waals surface area contributed by atoms with Crippen molar-refractivity contribution in [3.05, 3.63) is 84.3 Å². The van der Waals surface area contributed by atoms with Gasteiger partial charge in [0.2, 0.25) is 0 Å². The minimum Gasteiger partial charge on any atom is -0.253 e. The standard InChI is InChI=1S/C19H23N/c1-5-7-8-9-12-18-13-10-14-19(20-18)17(4)15-16(3)11-6-2/h5-11,13-15H,2,12H2,1,3-4H3/b7-5-,9-8-,16-11-,17-15+. The molecule has 104 valence electrons. The van der Waals surface area contributed by atoms with E-state index in [4.69, 9.17) is 0 Å². The zero-order valence-corrected chi connectivity index (χ0v) is 12.6. The van der Waals surface area contributed by atoms with E-state index in [1.807, 2.05) is 37.3 Å². The molecule has 1 aromatic rings. The molecule has 0 aliphatic rings. The van der Waals surface area contributed by atoms with Crippen LogP contribution in [0.3, 0.4) is 0 Å². The van der Waals surface area contributed by atoms with Crippen molar-refractivity contribution < 1.29 is 0 Å². The molecule has 0 N–H and O–H groups in total. The second kappa shape index (κ2) is 8.87. The first kappa shape index (κ1) is 15.9. The molecule has 1 heteroatoms. The van der Waals surface area contributed by atoms with Gasteiger partial charge in [-0.15, -0.1) is 0 Å². The largest absolute Gasteiger partial charge is 0.253 e. The Morgan fingerprint density at radius 3 is 2.75 bits per heavy atom. The minimum absolute atomic E-state index is 0.854. The minimum atomic E-state index is 0.854. The molecule has 1 heterocycles. The third-order valence-electron chi connectivity index (χ3n) is 2.80. The maximum Gasteiger partial charge on any atom is 0.0662 e. The Bertz CT molecular complexity index is 557. The molecular formula is C19H23N. The summed E-state index contributed by atoms with van der Waals surface area (Å²) in [7, 11) is 0. The quantitative estimate of drug-likeness (QED) is 0.637. The van der Waals surface area contributed by atoms with E-state index in [0.29, 0.717) is 0 Å². The Kier molecular flexibility index (Phi) is 7.05. The summed E-state index contributed by atoms with van der Waals surface area (Å²) < 4.78 is 0. The van der Waals surface area contributed by atoms with Gasteiger partial charge in [0.25, 0.3) is 0 Å². The Morgan fingerprint density at radius 1 is 1.25 bits per heavy atom. The molecule has 1 aromatic heterocycles. The fourth-order valence-electron chi connectivity index (χ4n) is 1.84. The molecular weight excluding hydrogens is 242 g/mol. The number of aromatic nitrogens is 1. The van der Waals surface area contributed by atoms with E-state index in [0.717, 1.165) is 17.8 Å². The third kappa shape index (κ3) is 5.66. The van der Waals surface area contributed by atoms with Gasteiger partial charge in [-0.1, -0.05) is 60.8 Å². The van der Waals surface area contributed by atoms with Gasteiger partial charge in [0.05, 0.1) is 5.69 Å². The van der Waals surface area contributed by atoms with Crippen molar-refractivity contribution in [3.8, 4) is 0 Å². The molecule has 0 amide bonds. The number of rotatable bonds is 6. The van der Waals surface area contributed by atoms with Crippen LogP contribution >= 0.6 is 0 Å². The van der Waals surface area contributed by atoms with Crippen molar-refractivity contribution in [2.24, 2.45) is 0 Å². The van der Waals surface area contributed by atoms with E-state index in [1.54, 1.807) is 6.08 Å². The highest BCUT2D eigenvalue weighted by Crippen LogP contribution is 2.14. The fourth-order valence-corrected chi connectivity index (χ4v) is 1.84. The van der Waals surface area contributed by atoms with Gasteiger partial charge in [-0.3, -0.25) is 4.98 Å². The normalized spacial score (nSPS) is 13.3. The molecule has 0 unspecified atom stereocenters. The van der Waals surface area contributed by atoms with Crippen molar-refractivity contribution in [1.29, 1.82) is 0 Å². The maximum atomic E-state index is 4.69. The average molecular weight is 265 g/mol. The molecule has 0 fully saturated rings. The van der Waals surface area contributed by atoms with Crippen LogP contribution in [0.4, 0.5) is 0 Å². The predicted molar refractivity (Wildman–Crippen MR) is 89.5 cm³/mol. The van der Waals surface area contributed by atoms with Crippen LogP contribution < -0.4 is 0 Å². The Morgan fingerprint density at radius 2 is 2.05 bits per heavy atom. The topological polar surface area (TPSA) is 12.9 Å². The van der Waals surface area contributed by atoms with Gasteiger partial charge in [0.1, 0.15) is 0 Å². The van der Waals surface area contributed by atoms with Gasteiger partial charge in [-0.25, -0.2) is 0 Å². The first-order chi connectivity index (χ1) is 9.67. The van der Waals surface area contributed by atoms with Crippen molar-refractivity contribution >= 4 is 5.57 Å². The van der Waals surface area contributed by atoms with Crippen LogP contribution in [-0.2, 0) is 6.42 Å². The van der Waals surface area contributed by atoms with Crippen LogP contribution in [0.15, 0.2) is 72.9 Å². The fraction of sp³-hybridized carbons (Fsp3) is 0.211. The summed E-state index contributed by atoms with van der Waals surface area (Å²) in [6.45, 7) is 9.87. The van der Waals surface area contributed by atoms with E-state index in [2.05, 4.69) is 49.7 Å². The summed E-state index contributed by atoms with van der Waals surface area (Å²) in [5.41, 5.74) is 4.46. The molecule has 1 nitrogen and oxygen atoms in total. The van der Waals surface area contributed by atoms with Crippen LogP contribution in [0, 0.1) is 0 Å². The second-order valence-electron chi connectivity index (χ2n) is 4.65. The molecule has 0 aromatic carbocycles. The van der Waals surface area contributed by atoms with Crippen LogP contribution in [0.1, 0.15) is 32.2 Å². The molecule has 0 aliphatic heterocycles. The van der Waals surface area contributed by atoms with Gasteiger partial charge in [0.15, 0.2) is 0 Å². The first-order valence-electron chi connectivity index (χ1n) is 6.89. The Labute approximate surface area is 122 Å². The lowest BCUT2D eigenvalue weighted by atomic mass is 10.1. The summed E-state index contributed by atoms with van der Waals surface area (Å²) in [4.78, 5) is 4.69. The van der Waals surface area contributed by atoms with Crippen LogP contribution in [-0.4, -0.2) is 4.98 Å². The average Bonchev–Trinajstić information content (AvgIpc) is 2.44. The maximum absolute atomic E-state index is 4.69. The molecule has 0 saturated carbocycles. The summed E-state index contributed by atoms with van der Waals surface area (Å²) in [6.07, 6.45) is 15.0. The molecule has 0 bridgehead atoms. The highest BCUT2D eigenvalue weighted by atomic mass is 14.7. The SMILES string of the molecule is C=C/C=C(C)\C=C(/C)c1cccc(C/C=C\C=C/C)n1. The molecule has 20 heavy (non-hydrogen) atoms. The summed E-state index contributed by atoms with van der Waals surface area (Å²) in [5, 5.41) is 0. The van der Waals surface area contributed by atoms with Crippen molar-refractivity contribution in [2.45, 2.75) is 27.2 Å². The summed E-state index contributed by atoms with van der Waals surface area (Å²) >= 11 is 0. The third-order valence-corrected chi connectivity index (χ3v) is 2.80. The molecule has 1 rings (SSSR count). The Hall–Kier alpha value is -2.15. The van der Waals surface area contributed by atoms with E-state index in [-0.39, 0.29) is 0 Å². The van der Waals surface area contributed by atoms with E-state index in [1.165, 1.54) is 11.1 Å². The van der Waals surface area contributed by atoms with Crippen molar-refractivity contribution in [3.63, 3.8) is 0 Å². The van der Waals surface area contributed by atoms with E-state index < -0.39 is 0 Å². The zero-order valence-electron chi connectivity index (χ0n) is 12.6. The highest BCUT2D eigenvalue weighted by Gasteiger charge is 1.99. The lowest BCUT2D eigenvalue weighted by Gasteiger charge is -2.04. The highest BCUT2D eigenvalue weighted by molar-refractivity contribution is 5.63. The summed E-state index contributed by atoms with van der Waals surface area (Å²) in [6, 6.07) is 6.17. The van der Waals surface area contributed by atoms with Crippen molar-refractivity contribution in [1.82, 2.24) is 4.98 Å². The number of hydrogen-bond acceptors (Lipinski definition) is 1. The van der Waals surface area contributed by atoms with Crippen LogP contribution in [0.25, 0.3) is 5.57 Å². The Balaban J connectivity index is 2.87. The predicted octanol–water partition coefficient (Wildman–Crippen LogP) is 5.29. The number of pyridine rings is 1. The van der Waals surface area contributed by atoms with Gasteiger partial charge >= 0.3 is 0 Å². The number of hydrogen-bond donors (Lipinski definition) is 0. The van der Waals surface area contributed by atoms with Crippen LogP contribution in [0.5, 0.6) is 0 Å². The lowest BCUT2D eigenvalue weighted by molar-refractivity contribution is 1.09. The van der Waals surface area contributed by atoms with Gasteiger partial charge in [-0.2, -0.15) is 0 Å². The molecule has 0 aliphatic carbocycles. The summed E-state index contributed by atoms with van der Waals surface area (Å²) in [5.74, 6) is 0. The molecule has 0 spiro atoms. The van der Waals surface area contributed by atoms with E-state index >= 15 is 0 Å². The molecule has 0 radical (unpaired) electrons. The number of allylic oxidation sites excluding steroid dienone is 9. The molecule has 0 atom stereocenters. The van der Waals surface area contributed by atoms with Gasteiger partial charge < -0.3 is 0 Å². The lowest BCUT2D eigenvalue weighted by Crippen LogP contribution is -1.92.